The van der Waals surface area contributed by atoms with Crippen molar-refractivity contribution in [1.29, 1.82) is 0 Å². The molecule has 0 bridgehead atoms. The molecule has 2 N–H and O–H groups in total. The second-order valence-electron chi connectivity index (χ2n) is 7.07. The SMILES string of the molecule is CC1CCC(CN)C(N2CCC(N3CCOCC3)C2)C1. The molecule has 116 valence electrons. The van der Waals surface area contributed by atoms with Gasteiger partial charge in [-0.1, -0.05) is 13.3 Å². The lowest BCUT2D eigenvalue weighted by atomic mass is 9.78. The lowest BCUT2D eigenvalue weighted by Crippen LogP contribution is -2.48. The maximum Gasteiger partial charge on any atom is 0.0594 e. The summed E-state index contributed by atoms with van der Waals surface area (Å²) in [7, 11) is 0. The molecular formula is C16H31N3O. The van der Waals surface area contributed by atoms with Crippen LogP contribution in [0.1, 0.15) is 32.6 Å². The van der Waals surface area contributed by atoms with E-state index < -0.39 is 0 Å². The van der Waals surface area contributed by atoms with E-state index in [0.29, 0.717) is 0 Å². The van der Waals surface area contributed by atoms with Gasteiger partial charge in [0.05, 0.1) is 13.2 Å². The van der Waals surface area contributed by atoms with Crippen LogP contribution < -0.4 is 5.73 Å². The summed E-state index contributed by atoms with van der Waals surface area (Å²) in [5.74, 6) is 1.61. The fraction of sp³-hybridized carbons (Fsp3) is 1.00. The summed E-state index contributed by atoms with van der Waals surface area (Å²) in [6.07, 6.45) is 5.40. The number of ether oxygens (including phenoxy) is 1. The zero-order chi connectivity index (χ0) is 13.9. The Morgan fingerprint density at radius 1 is 1.05 bits per heavy atom. The van der Waals surface area contributed by atoms with Crippen LogP contribution in [0.5, 0.6) is 0 Å². The van der Waals surface area contributed by atoms with Crippen LogP contribution in [-0.2, 0) is 4.74 Å². The van der Waals surface area contributed by atoms with Crippen LogP contribution in [-0.4, -0.2) is 67.8 Å². The van der Waals surface area contributed by atoms with Gasteiger partial charge in [-0.05, 0) is 37.6 Å². The third-order valence-corrected chi connectivity index (χ3v) is 5.75. The first-order valence-electron chi connectivity index (χ1n) is 8.54. The van der Waals surface area contributed by atoms with E-state index in [1.165, 1.54) is 38.8 Å². The third-order valence-electron chi connectivity index (χ3n) is 5.75. The van der Waals surface area contributed by atoms with Gasteiger partial charge in [-0.25, -0.2) is 0 Å². The number of nitrogens with two attached hydrogens (primary N) is 1. The summed E-state index contributed by atoms with van der Waals surface area (Å²) in [4.78, 5) is 5.40. The van der Waals surface area contributed by atoms with E-state index in [0.717, 1.165) is 56.8 Å². The maximum absolute atomic E-state index is 6.03. The van der Waals surface area contributed by atoms with Gasteiger partial charge in [0.2, 0.25) is 0 Å². The quantitative estimate of drug-likeness (QED) is 0.843. The van der Waals surface area contributed by atoms with Crippen LogP contribution in [0, 0.1) is 11.8 Å². The van der Waals surface area contributed by atoms with Gasteiger partial charge in [0.15, 0.2) is 0 Å². The molecule has 4 nitrogen and oxygen atoms in total. The van der Waals surface area contributed by atoms with Crippen molar-refractivity contribution >= 4 is 0 Å². The van der Waals surface area contributed by atoms with Crippen molar-refractivity contribution in [2.75, 3.05) is 45.9 Å². The van der Waals surface area contributed by atoms with Gasteiger partial charge in [-0.15, -0.1) is 0 Å². The Kier molecular flexibility index (Phi) is 4.97. The van der Waals surface area contributed by atoms with Crippen LogP contribution in [0.2, 0.25) is 0 Å². The minimum absolute atomic E-state index is 0.731. The summed E-state index contributed by atoms with van der Waals surface area (Å²) in [6.45, 7) is 9.90. The Labute approximate surface area is 123 Å². The number of hydrogen-bond acceptors (Lipinski definition) is 4. The minimum Gasteiger partial charge on any atom is -0.379 e. The van der Waals surface area contributed by atoms with Gasteiger partial charge in [0.25, 0.3) is 0 Å². The summed E-state index contributed by atoms with van der Waals surface area (Å²) in [6, 6.07) is 1.50. The van der Waals surface area contributed by atoms with Gasteiger partial charge in [0.1, 0.15) is 0 Å². The highest BCUT2D eigenvalue weighted by Gasteiger charge is 2.37. The molecule has 2 saturated heterocycles. The maximum atomic E-state index is 6.03. The molecule has 3 aliphatic rings. The van der Waals surface area contributed by atoms with Crippen LogP contribution in [0.15, 0.2) is 0 Å². The van der Waals surface area contributed by atoms with E-state index in [9.17, 15) is 0 Å². The summed E-state index contributed by atoms with van der Waals surface area (Å²) >= 11 is 0. The van der Waals surface area contributed by atoms with Gasteiger partial charge < -0.3 is 10.5 Å². The minimum atomic E-state index is 0.731. The van der Waals surface area contributed by atoms with Crippen LogP contribution in [0.4, 0.5) is 0 Å². The molecule has 4 atom stereocenters. The molecule has 4 unspecified atom stereocenters. The van der Waals surface area contributed by atoms with E-state index in [-0.39, 0.29) is 0 Å². The summed E-state index contributed by atoms with van der Waals surface area (Å²) in [5.41, 5.74) is 6.03. The summed E-state index contributed by atoms with van der Waals surface area (Å²) in [5, 5.41) is 0. The second-order valence-corrected chi connectivity index (χ2v) is 7.07. The van der Waals surface area contributed by atoms with Gasteiger partial charge >= 0.3 is 0 Å². The largest absolute Gasteiger partial charge is 0.379 e. The average molecular weight is 281 g/mol. The Hall–Kier alpha value is -0.160. The van der Waals surface area contributed by atoms with Crippen LogP contribution in [0.3, 0.4) is 0 Å². The molecule has 0 aromatic rings. The number of nitrogens with zero attached hydrogens (tertiary/aromatic N) is 2. The fourth-order valence-electron chi connectivity index (χ4n) is 4.45. The zero-order valence-electron chi connectivity index (χ0n) is 13.0. The molecule has 0 aromatic heterocycles. The van der Waals surface area contributed by atoms with Crippen molar-refractivity contribution in [3.63, 3.8) is 0 Å². The molecule has 3 fully saturated rings. The molecule has 2 heterocycles. The van der Waals surface area contributed by atoms with Crippen LogP contribution >= 0.6 is 0 Å². The normalized spacial score (nSPS) is 41.1. The van der Waals surface area contributed by atoms with E-state index in [2.05, 4.69) is 16.7 Å². The zero-order valence-corrected chi connectivity index (χ0v) is 13.0. The molecule has 20 heavy (non-hydrogen) atoms. The number of morpholine rings is 1. The first-order valence-corrected chi connectivity index (χ1v) is 8.54. The average Bonchev–Trinajstić information content (AvgIpc) is 2.98. The highest BCUT2D eigenvalue weighted by Crippen LogP contribution is 2.34. The Morgan fingerprint density at radius 2 is 1.85 bits per heavy atom. The molecule has 0 radical (unpaired) electrons. The van der Waals surface area contributed by atoms with Gasteiger partial charge in [-0.2, -0.15) is 0 Å². The first-order chi connectivity index (χ1) is 9.78. The Bertz CT molecular complexity index is 306. The molecule has 2 aliphatic heterocycles. The predicted molar refractivity (Wildman–Crippen MR) is 81.7 cm³/mol. The molecule has 3 rings (SSSR count). The van der Waals surface area contributed by atoms with Gasteiger partial charge in [0, 0.05) is 38.3 Å². The van der Waals surface area contributed by atoms with E-state index >= 15 is 0 Å². The lowest BCUT2D eigenvalue weighted by Gasteiger charge is -2.40. The van der Waals surface area contributed by atoms with Crippen molar-refractivity contribution in [1.82, 2.24) is 9.80 Å². The number of rotatable bonds is 3. The molecule has 1 aliphatic carbocycles. The van der Waals surface area contributed by atoms with Crippen LogP contribution in [0.25, 0.3) is 0 Å². The molecule has 0 aromatic carbocycles. The summed E-state index contributed by atoms with van der Waals surface area (Å²) < 4.78 is 5.48. The monoisotopic (exact) mass is 281 g/mol. The number of hydrogen-bond donors (Lipinski definition) is 1. The van der Waals surface area contributed by atoms with E-state index in [1.807, 2.05) is 0 Å². The Morgan fingerprint density at radius 3 is 2.60 bits per heavy atom. The van der Waals surface area contributed by atoms with E-state index in [4.69, 9.17) is 10.5 Å². The molecule has 4 heteroatoms. The van der Waals surface area contributed by atoms with Gasteiger partial charge in [-0.3, -0.25) is 9.80 Å². The second kappa shape index (κ2) is 6.73. The molecule has 0 spiro atoms. The Balaban J connectivity index is 1.57. The standard InChI is InChI=1S/C16H31N3O/c1-13-2-3-14(11-17)16(10-13)19-5-4-15(12-19)18-6-8-20-9-7-18/h13-16H,2-12,17H2,1H3. The van der Waals surface area contributed by atoms with Crippen molar-refractivity contribution in [2.45, 2.75) is 44.7 Å². The topological polar surface area (TPSA) is 41.7 Å². The predicted octanol–water partition coefficient (Wildman–Crippen LogP) is 1.16. The fourth-order valence-corrected chi connectivity index (χ4v) is 4.45. The lowest BCUT2D eigenvalue weighted by molar-refractivity contribution is 0.0153. The van der Waals surface area contributed by atoms with Crippen molar-refractivity contribution in [2.24, 2.45) is 17.6 Å². The molecule has 0 amide bonds. The highest BCUT2D eigenvalue weighted by molar-refractivity contribution is 4.93. The smallest absolute Gasteiger partial charge is 0.0594 e. The number of likely N-dealkylation sites (tertiary alicyclic amines) is 1. The van der Waals surface area contributed by atoms with Crippen molar-refractivity contribution in [3.05, 3.63) is 0 Å². The third kappa shape index (κ3) is 3.19. The molecular weight excluding hydrogens is 250 g/mol. The molecule has 1 saturated carbocycles. The van der Waals surface area contributed by atoms with Crippen molar-refractivity contribution < 1.29 is 4.74 Å². The van der Waals surface area contributed by atoms with Crippen molar-refractivity contribution in [3.8, 4) is 0 Å². The first kappa shape index (κ1) is 14.8. The van der Waals surface area contributed by atoms with E-state index in [1.54, 1.807) is 0 Å². The highest BCUT2D eigenvalue weighted by atomic mass is 16.5.